The van der Waals surface area contributed by atoms with Crippen LogP contribution in [0.2, 0.25) is 0 Å². The Morgan fingerprint density at radius 1 is 1.64 bits per heavy atom. The fourth-order valence-electron chi connectivity index (χ4n) is 0.963. The summed E-state index contributed by atoms with van der Waals surface area (Å²) in [5.41, 5.74) is 6.76. The van der Waals surface area contributed by atoms with Crippen LogP contribution in [0.4, 0.5) is 0 Å². The average Bonchev–Trinajstić information content (AvgIpc) is 2.34. The Labute approximate surface area is 64.8 Å². The van der Waals surface area contributed by atoms with Gasteiger partial charge in [-0.3, -0.25) is 0 Å². The molecule has 0 radical (unpaired) electrons. The Kier molecular flexibility index (Phi) is 2.43. The van der Waals surface area contributed by atoms with Crippen molar-refractivity contribution in [1.82, 2.24) is 15.2 Å². The fourth-order valence-corrected chi connectivity index (χ4v) is 0.963. The van der Waals surface area contributed by atoms with Gasteiger partial charge in [0, 0.05) is 6.54 Å². The van der Waals surface area contributed by atoms with Crippen LogP contribution in [0.5, 0.6) is 0 Å². The zero-order chi connectivity index (χ0) is 8.27. The van der Waals surface area contributed by atoms with Gasteiger partial charge >= 0.3 is 0 Å². The Bertz CT molecular complexity index is 232. The molecular weight excluding hydrogens is 144 g/mol. The summed E-state index contributed by atoms with van der Waals surface area (Å²) in [7, 11) is 0. The first-order valence-electron chi connectivity index (χ1n) is 3.62. The van der Waals surface area contributed by atoms with Crippen molar-refractivity contribution < 1.29 is 5.21 Å². The average molecular weight is 156 g/mol. The number of nitrogens with zero attached hydrogens (tertiary/aromatic N) is 3. The molecule has 0 saturated carbocycles. The molecule has 0 aliphatic heterocycles. The first-order chi connectivity index (χ1) is 5.29. The molecule has 0 aromatic carbocycles. The highest BCUT2D eigenvalue weighted by molar-refractivity contribution is 5.08. The summed E-state index contributed by atoms with van der Waals surface area (Å²) in [6, 6.07) is 0. The number of hydrogen-bond donors (Lipinski definition) is 2. The van der Waals surface area contributed by atoms with E-state index in [2.05, 4.69) is 10.3 Å². The number of aromatic nitrogens is 3. The molecule has 1 rings (SSSR count). The van der Waals surface area contributed by atoms with E-state index in [1.165, 1.54) is 0 Å². The van der Waals surface area contributed by atoms with Gasteiger partial charge in [-0.05, 0) is 11.6 Å². The predicted molar refractivity (Wildman–Crippen MR) is 39.1 cm³/mol. The van der Waals surface area contributed by atoms with E-state index < -0.39 is 0 Å². The number of hydrogen-bond acceptors (Lipinski definition) is 4. The second-order valence-corrected chi connectivity index (χ2v) is 2.33. The Morgan fingerprint density at radius 2 is 2.36 bits per heavy atom. The minimum absolute atomic E-state index is 0.329. The predicted octanol–water partition coefficient (Wildman–Crippen LogP) is -0.0734. The molecule has 1 aromatic heterocycles. The second kappa shape index (κ2) is 3.34. The lowest BCUT2D eigenvalue weighted by atomic mass is 10.2. The quantitative estimate of drug-likeness (QED) is 0.600. The molecule has 0 saturated heterocycles. The van der Waals surface area contributed by atoms with Crippen molar-refractivity contribution in [2.24, 2.45) is 5.73 Å². The van der Waals surface area contributed by atoms with E-state index in [0.717, 1.165) is 23.4 Å². The van der Waals surface area contributed by atoms with Crippen molar-refractivity contribution in [2.75, 3.05) is 0 Å². The Morgan fingerprint density at radius 3 is 2.91 bits per heavy atom. The molecule has 5 heteroatoms. The Balaban J connectivity index is 2.88. The zero-order valence-corrected chi connectivity index (χ0v) is 6.49. The molecule has 0 unspecified atom stereocenters. The van der Waals surface area contributed by atoms with Gasteiger partial charge in [-0.2, -0.15) is 0 Å². The summed E-state index contributed by atoms with van der Waals surface area (Å²) >= 11 is 0. The second-order valence-electron chi connectivity index (χ2n) is 2.33. The molecule has 3 N–H and O–H groups in total. The van der Waals surface area contributed by atoms with Gasteiger partial charge in [0.2, 0.25) is 0 Å². The maximum absolute atomic E-state index is 9.08. The van der Waals surface area contributed by atoms with Crippen molar-refractivity contribution in [3.63, 3.8) is 0 Å². The SMILES string of the molecule is CCCc1c(CN)nnn1O. The highest BCUT2D eigenvalue weighted by atomic mass is 16.5. The smallest absolute Gasteiger partial charge is 0.105 e. The van der Waals surface area contributed by atoms with Crippen molar-refractivity contribution in [3.05, 3.63) is 11.4 Å². The molecule has 11 heavy (non-hydrogen) atoms. The third-order valence-corrected chi connectivity index (χ3v) is 1.50. The lowest BCUT2D eigenvalue weighted by Gasteiger charge is -1.97. The molecule has 62 valence electrons. The number of rotatable bonds is 3. The summed E-state index contributed by atoms with van der Waals surface area (Å²) in [6.45, 7) is 2.35. The largest absolute Gasteiger partial charge is 0.410 e. The van der Waals surface area contributed by atoms with E-state index in [1.807, 2.05) is 6.92 Å². The van der Waals surface area contributed by atoms with Crippen LogP contribution in [0, 0.1) is 0 Å². The summed E-state index contributed by atoms with van der Waals surface area (Å²) in [6.07, 6.45) is 1.71. The zero-order valence-electron chi connectivity index (χ0n) is 6.49. The van der Waals surface area contributed by atoms with Gasteiger partial charge in [-0.15, -0.1) is 5.10 Å². The molecule has 1 aromatic rings. The molecule has 0 aliphatic carbocycles. The molecule has 0 bridgehead atoms. The van der Waals surface area contributed by atoms with Gasteiger partial charge in [0.05, 0.1) is 0 Å². The monoisotopic (exact) mass is 156 g/mol. The lowest BCUT2D eigenvalue weighted by Crippen LogP contribution is -2.04. The fraction of sp³-hybridized carbons (Fsp3) is 0.667. The van der Waals surface area contributed by atoms with Crippen LogP contribution in [0.25, 0.3) is 0 Å². The first-order valence-corrected chi connectivity index (χ1v) is 3.62. The summed E-state index contributed by atoms with van der Waals surface area (Å²) in [5.74, 6) is 0. The van der Waals surface area contributed by atoms with Crippen LogP contribution in [0.1, 0.15) is 24.7 Å². The molecule has 1 heterocycles. The molecule has 0 atom stereocenters. The van der Waals surface area contributed by atoms with Crippen molar-refractivity contribution >= 4 is 0 Å². The molecular formula is C6H12N4O. The third-order valence-electron chi connectivity index (χ3n) is 1.50. The molecule has 0 spiro atoms. The number of nitrogens with two attached hydrogens (primary N) is 1. The molecule has 0 aliphatic rings. The molecule has 0 amide bonds. The van der Waals surface area contributed by atoms with E-state index >= 15 is 0 Å². The van der Waals surface area contributed by atoms with Crippen molar-refractivity contribution in [1.29, 1.82) is 0 Å². The molecule has 0 fully saturated rings. The minimum atomic E-state index is 0.329. The van der Waals surface area contributed by atoms with Crippen LogP contribution in [-0.2, 0) is 13.0 Å². The van der Waals surface area contributed by atoms with Crippen LogP contribution < -0.4 is 5.73 Å². The maximum atomic E-state index is 9.08. The van der Waals surface area contributed by atoms with Crippen LogP contribution in [-0.4, -0.2) is 20.4 Å². The van der Waals surface area contributed by atoms with Gasteiger partial charge in [0.1, 0.15) is 11.4 Å². The van der Waals surface area contributed by atoms with Crippen molar-refractivity contribution in [2.45, 2.75) is 26.3 Å². The minimum Gasteiger partial charge on any atom is -0.410 e. The highest BCUT2D eigenvalue weighted by Gasteiger charge is 2.08. The van der Waals surface area contributed by atoms with Gasteiger partial charge < -0.3 is 10.9 Å². The maximum Gasteiger partial charge on any atom is 0.105 e. The van der Waals surface area contributed by atoms with Gasteiger partial charge in [0.15, 0.2) is 0 Å². The van der Waals surface area contributed by atoms with Crippen molar-refractivity contribution in [3.8, 4) is 0 Å². The first kappa shape index (κ1) is 8.00. The van der Waals surface area contributed by atoms with Crippen LogP contribution >= 0.6 is 0 Å². The van der Waals surface area contributed by atoms with E-state index in [9.17, 15) is 0 Å². The van der Waals surface area contributed by atoms with E-state index in [4.69, 9.17) is 10.9 Å². The standard InChI is InChI=1S/C6H12N4O/c1-2-3-6-5(4-7)8-9-10(6)11/h11H,2-4,7H2,1H3. The summed E-state index contributed by atoms with van der Waals surface area (Å²) in [4.78, 5) is 0.797. The lowest BCUT2D eigenvalue weighted by molar-refractivity contribution is 0.134. The van der Waals surface area contributed by atoms with Gasteiger partial charge in [0.25, 0.3) is 0 Å². The molecule has 5 nitrogen and oxygen atoms in total. The van der Waals surface area contributed by atoms with Gasteiger partial charge in [-0.25, -0.2) is 0 Å². The normalized spacial score (nSPS) is 10.4. The summed E-state index contributed by atoms with van der Waals surface area (Å²) < 4.78 is 0. The topological polar surface area (TPSA) is 77.0 Å². The highest BCUT2D eigenvalue weighted by Crippen LogP contribution is 2.04. The summed E-state index contributed by atoms with van der Waals surface area (Å²) in [5, 5.41) is 16.2. The van der Waals surface area contributed by atoms with Gasteiger partial charge in [-0.1, -0.05) is 18.2 Å². The van der Waals surface area contributed by atoms with Crippen LogP contribution in [0.3, 0.4) is 0 Å². The van der Waals surface area contributed by atoms with E-state index in [-0.39, 0.29) is 0 Å². The van der Waals surface area contributed by atoms with Crippen LogP contribution in [0.15, 0.2) is 0 Å². The third kappa shape index (κ3) is 1.48. The van der Waals surface area contributed by atoms with E-state index in [1.54, 1.807) is 0 Å². The Hall–Kier alpha value is -1.10. The van der Waals surface area contributed by atoms with E-state index in [0.29, 0.717) is 12.2 Å².